The van der Waals surface area contributed by atoms with Crippen LogP contribution in [0.25, 0.3) is 0 Å². The number of rotatable bonds is 9. The van der Waals surface area contributed by atoms with Crippen LogP contribution in [0.4, 0.5) is 5.69 Å². The summed E-state index contributed by atoms with van der Waals surface area (Å²) in [5.41, 5.74) is 1.30. The molecule has 0 atom stereocenters. The molecule has 2 aromatic rings. The molecule has 2 rings (SSSR count). The minimum atomic E-state index is -0.636. The third kappa shape index (κ3) is 7.50. The summed E-state index contributed by atoms with van der Waals surface area (Å²) in [6.45, 7) is 1.62. The van der Waals surface area contributed by atoms with Crippen LogP contribution in [0.5, 0.6) is 0 Å². The summed E-state index contributed by atoms with van der Waals surface area (Å²) in [7, 11) is 0. The van der Waals surface area contributed by atoms with E-state index in [0.717, 1.165) is 4.47 Å². The van der Waals surface area contributed by atoms with Gasteiger partial charge in [-0.15, -0.1) is 0 Å². The monoisotopic (exact) mass is 461 g/mol. The van der Waals surface area contributed by atoms with Gasteiger partial charge in [0.15, 0.2) is 12.4 Å². The van der Waals surface area contributed by atoms with E-state index < -0.39 is 11.9 Å². The maximum Gasteiger partial charge on any atom is 0.338 e. The minimum absolute atomic E-state index is 0.0923. The fourth-order valence-electron chi connectivity index (χ4n) is 2.28. The Labute approximate surface area is 176 Å². The van der Waals surface area contributed by atoms with Gasteiger partial charge in [-0.2, -0.15) is 0 Å². The molecule has 0 saturated carbocycles. The van der Waals surface area contributed by atoms with Crippen molar-refractivity contribution in [1.29, 1.82) is 0 Å². The van der Waals surface area contributed by atoms with Crippen molar-refractivity contribution in [3.63, 3.8) is 0 Å². The van der Waals surface area contributed by atoms with Crippen LogP contribution in [0.3, 0.4) is 0 Å². The molecule has 0 aliphatic heterocycles. The largest absolute Gasteiger partial charge is 0.462 e. The van der Waals surface area contributed by atoms with E-state index in [4.69, 9.17) is 9.47 Å². The summed E-state index contributed by atoms with van der Waals surface area (Å²) in [5.74, 6) is -1.78. The van der Waals surface area contributed by atoms with E-state index in [1.807, 2.05) is 0 Å². The fraction of sp³-hybridized carbons (Fsp3) is 0.238. The van der Waals surface area contributed by atoms with Gasteiger partial charge in [-0.05, 0) is 43.3 Å². The molecule has 152 valence electrons. The van der Waals surface area contributed by atoms with Crippen LogP contribution in [0.1, 0.15) is 40.5 Å². The maximum atomic E-state index is 12.0. The van der Waals surface area contributed by atoms with Crippen molar-refractivity contribution in [2.24, 2.45) is 0 Å². The molecule has 1 amide bonds. The van der Waals surface area contributed by atoms with E-state index in [2.05, 4.69) is 21.2 Å². The van der Waals surface area contributed by atoms with Gasteiger partial charge >= 0.3 is 11.9 Å². The van der Waals surface area contributed by atoms with Crippen molar-refractivity contribution >= 4 is 45.2 Å². The number of halogens is 1. The number of Topliss-reactive ketones (excluding diaryl/α,β-unsaturated/α-hetero) is 1. The zero-order chi connectivity index (χ0) is 21.2. The standard InChI is InChI=1S/C21H20BrNO6/c1-2-28-21(27)15-5-9-17(10-6-15)23-19(25)11-12-20(26)29-13-18(24)14-3-7-16(22)8-4-14/h3-10H,2,11-13H2,1H3,(H,23,25). The number of ketones is 1. The molecule has 0 unspecified atom stereocenters. The third-order valence-electron chi connectivity index (χ3n) is 3.77. The Morgan fingerprint density at radius 1 is 0.862 bits per heavy atom. The molecule has 8 heteroatoms. The Morgan fingerprint density at radius 2 is 1.48 bits per heavy atom. The van der Waals surface area contributed by atoms with Crippen LogP contribution in [0.15, 0.2) is 53.0 Å². The number of ether oxygens (including phenoxy) is 2. The predicted molar refractivity (Wildman–Crippen MR) is 110 cm³/mol. The van der Waals surface area contributed by atoms with Gasteiger partial charge in [-0.1, -0.05) is 28.1 Å². The molecule has 0 bridgehead atoms. The molecule has 0 aliphatic carbocycles. The average molecular weight is 462 g/mol. The summed E-state index contributed by atoms with van der Waals surface area (Å²) in [6, 6.07) is 12.9. The second kappa shape index (κ2) is 11.1. The molecular weight excluding hydrogens is 442 g/mol. The molecule has 0 fully saturated rings. The highest BCUT2D eigenvalue weighted by Gasteiger charge is 2.12. The topological polar surface area (TPSA) is 98.8 Å². The van der Waals surface area contributed by atoms with Gasteiger partial charge < -0.3 is 14.8 Å². The quantitative estimate of drug-likeness (QED) is 0.450. The lowest BCUT2D eigenvalue weighted by Gasteiger charge is -2.07. The Morgan fingerprint density at radius 3 is 2.10 bits per heavy atom. The first-order chi connectivity index (χ1) is 13.9. The Hall–Kier alpha value is -3.00. The summed E-state index contributed by atoms with van der Waals surface area (Å²) in [6.07, 6.45) is -0.245. The zero-order valence-electron chi connectivity index (χ0n) is 15.8. The van der Waals surface area contributed by atoms with Crippen LogP contribution in [-0.2, 0) is 19.1 Å². The van der Waals surface area contributed by atoms with E-state index in [1.54, 1.807) is 43.3 Å². The number of amides is 1. The van der Waals surface area contributed by atoms with Crippen LogP contribution < -0.4 is 5.32 Å². The number of hydrogen-bond acceptors (Lipinski definition) is 6. The lowest BCUT2D eigenvalue weighted by Crippen LogP contribution is -2.17. The maximum absolute atomic E-state index is 12.0. The van der Waals surface area contributed by atoms with Crippen LogP contribution in [0.2, 0.25) is 0 Å². The highest BCUT2D eigenvalue weighted by atomic mass is 79.9. The summed E-state index contributed by atoms with van der Waals surface area (Å²) in [5, 5.41) is 2.62. The third-order valence-corrected chi connectivity index (χ3v) is 4.30. The van der Waals surface area contributed by atoms with E-state index in [-0.39, 0.29) is 37.7 Å². The molecule has 2 aromatic carbocycles. The molecule has 0 radical (unpaired) electrons. The van der Waals surface area contributed by atoms with E-state index in [0.29, 0.717) is 16.8 Å². The number of anilines is 1. The number of nitrogens with one attached hydrogen (secondary N) is 1. The summed E-state index contributed by atoms with van der Waals surface area (Å²) >= 11 is 3.28. The van der Waals surface area contributed by atoms with Crippen molar-refractivity contribution in [2.75, 3.05) is 18.5 Å². The van der Waals surface area contributed by atoms with Gasteiger partial charge in [-0.25, -0.2) is 4.79 Å². The van der Waals surface area contributed by atoms with Gasteiger partial charge in [0.05, 0.1) is 18.6 Å². The van der Waals surface area contributed by atoms with Crippen LogP contribution in [0, 0.1) is 0 Å². The summed E-state index contributed by atoms with van der Waals surface area (Å²) in [4.78, 5) is 47.2. The van der Waals surface area contributed by atoms with Gasteiger partial charge in [0.1, 0.15) is 0 Å². The first-order valence-electron chi connectivity index (χ1n) is 8.90. The first-order valence-corrected chi connectivity index (χ1v) is 9.69. The number of benzene rings is 2. The molecule has 0 heterocycles. The van der Waals surface area contributed by atoms with Crippen molar-refractivity contribution in [3.8, 4) is 0 Å². The number of esters is 2. The minimum Gasteiger partial charge on any atom is -0.462 e. The van der Waals surface area contributed by atoms with Gasteiger partial charge in [0.25, 0.3) is 0 Å². The highest BCUT2D eigenvalue weighted by molar-refractivity contribution is 9.10. The van der Waals surface area contributed by atoms with E-state index in [9.17, 15) is 19.2 Å². The highest BCUT2D eigenvalue weighted by Crippen LogP contribution is 2.12. The lowest BCUT2D eigenvalue weighted by atomic mass is 10.1. The molecule has 0 spiro atoms. The molecule has 0 aliphatic rings. The van der Waals surface area contributed by atoms with Gasteiger partial charge in [-0.3, -0.25) is 14.4 Å². The van der Waals surface area contributed by atoms with Crippen LogP contribution in [-0.4, -0.2) is 36.8 Å². The number of carbonyl (C=O) groups is 4. The Balaban J connectivity index is 1.72. The second-order valence-corrected chi connectivity index (χ2v) is 6.85. The summed E-state index contributed by atoms with van der Waals surface area (Å²) < 4.78 is 10.6. The SMILES string of the molecule is CCOC(=O)c1ccc(NC(=O)CCC(=O)OCC(=O)c2ccc(Br)cc2)cc1. The number of carbonyl (C=O) groups excluding carboxylic acids is 4. The molecule has 0 aromatic heterocycles. The van der Waals surface area contributed by atoms with Crippen molar-refractivity contribution in [1.82, 2.24) is 0 Å². The van der Waals surface area contributed by atoms with E-state index >= 15 is 0 Å². The second-order valence-electron chi connectivity index (χ2n) is 5.94. The van der Waals surface area contributed by atoms with Gasteiger partial charge in [0, 0.05) is 22.1 Å². The Bertz CT molecular complexity index is 877. The van der Waals surface area contributed by atoms with Crippen LogP contribution >= 0.6 is 15.9 Å². The van der Waals surface area contributed by atoms with E-state index in [1.165, 1.54) is 12.1 Å². The molecule has 29 heavy (non-hydrogen) atoms. The van der Waals surface area contributed by atoms with Crippen molar-refractivity contribution in [2.45, 2.75) is 19.8 Å². The average Bonchev–Trinajstić information content (AvgIpc) is 2.71. The molecular formula is C21H20BrNO6. The first kappa shape index (κ1) is 22.3. The fourth-order valence-corrected chi connectivity index (χ4v) is 2.54. The molecule has 7 nitrogen and oxygen atoms in total. The van der Waals surface area contributed by atoms with Gasteiger partial charge in [0.2, 0.25) is 5.91 Å². The molecule has 1 N–H and O–H groups in total. The van der Waals surface area contributed by atoms with Crippen molar-refractivity contribution in [3.05, 3.63) is 64.1 Å². The Kier molecular flexibility index (Phi) is 8.54. The predicted octanol–water partition coefficient (Wildman–Crippen LogP) is 3.77. The number of hydrogen-bond donors (Lipinski definition) is 1. The zero-order valence-corrected chi connectivity index (χ0v) is 17.4. The smallest absolute Gasteiger partial charge is 0.338 e. The normalized spacial score (nSPS) is 10.1. The van der Waals surface area contributed by atoms with Crippen molar-refractivity contribution < 1.29 is 28.7 Å². The lowest BCUT2D eigenvalue weighted by molar-refractivity contribution is -0.143. The molecule has 0 saturated heterocycles.